The number of rotatable bonds is 2. The Bertz CT molecular complexity index is 625. The molecule has 0 bridgehead atoms. The lowest BCUT2D eigenvalue weighted by atomic mass is 9.98. The highest BCUT2D eigenvalue weighted by Crippen LogP contribution is 2.32. The van der Waals surface area contributed by atoms with Crippen LogP contribution in [0.4, 0.5) is 0 Å². The van der Waals surface area contributed by atoms with Crippen LogP contribution in [0.2, 0.25) is 0 Å². The quantitative estimate of drug-likeness (QED) is 0.822. The van der Waals surface area contributed by atoms with E-state index in [9.17, 15) is 0 Å². The molecule has 1 aliphatic rings. The molecule has 1 saturated heterocycles. The molecule has 0 aromatic heterocycles. The summed E-state index contributed by atoms with van der Waals surface area (Å²) >= 11 is 0. The third-order valence-electron chi connectivity index (χ3n) is 3.14. The first kappa shape index (κ1) is 11.9. The second-order valence-electron chi connectivity index (χ2n) is 4.35. The first-order chi connectivity index (χ1) is 9.38. The van der Waals surface area contributed by atoms with Crippen LogP contribution in [0.3, 0.4) is 0 Å². The van der Waals surface area contributed by atoms with Crippen LogP contribution in [0.15, 0.2) is 48.5 Å². The molecule has 0 amide bonds. The summed E-state index contributed by atoms with van der Waals surface area (Å²) in [5.41, 5.74) is 3.72. The Morgan fingerprint density at radius 2 is 1.79 bits per heavy atom. The first-order valence-corrected chi connectivity index (χ1v) is 6.21. The Labute approximate surface area is 112 Å². The largest absolute Gasteiger partial charge is 0.346 e. The predicted octanol–water partition coefficient (Wildman–Crippen LogP) is 3.27. The third kappa shape index (κ3) is 2.37. The summed E-state index contributed by atoms with van der Waals surface area (Å²) in [4.78, 5) is 0. The minimum absolute atomic E-state index is 0.304. The number of hydrogen-bond acceptors (Lipinski definition) is 3. The molecule has 0 saturated carbocycles. The summed E-state index contributed by atoms with van der Waals surface area (Å²) in [6.07, 6.45) is -0.304. The van der Waals surface area contributed by atoms with E-state index in [-0.39, 0.29) is 6.29 Å². The number of nitrogens with zero attached hydrogens (tertiary/aromatic N) is 1. The van der Waals surface area contributed by atoms with E-state index in [1.807, 2.05) is 42.5 Å². The van der Waals surface area contributed by atoms with Gasteiger partial charge in [-0.1, -0.05) is 36.4 Å². The van der Waals surface area contributed by atoms with Gasteiger partial charge in [-0.05, 0) is 23.3 Å². The van der Waals surface area contributed by atoms with Crippen LogP contribution < -0.4 is 0 Å². The highest BCUT2D eigenvalue weighted by Gasteiger charge is 2.21. The van der Waals surface area contributed by atoms with E-state index >= 15 is 0 Å². The van der Waals surface area contributed by atoms with Crippen molar-refractivity contribution in [3.05, 3.63) is 59.7 Å². The fraction of sp³-hybridized carbons (Fsp3) is 0.188. The number of ether oxygens (including phenoxy) is 2. The van der Waals surface area contributed by atoms with Crippen LogP contribution in [0.25, 0.3) is 11.1 Å². The number of hydrogen-bond donors (Lipinski definition) is 0. The Kier molecular flexibility index (Phi) is 3.28. The second kappa shape index (κ2) is 5.23. The second-order valence-corrected chi connectivity index (χ2v) is 4.35. The third-order valence-corrected chi connectivity index (χ3v) is 3.14. The first-order valence-electron chi connectivity index (χ1n) is 6.21. The van der Waals surface area contributed by atoms with Crippen LogP contribution in [0.1, 0.15) is 17.4 Å². The molecular formula is C16H13NO2. The van der Waals surface area contributed by atoms with Gasteiger partial charge in [-0.25, -0.2) is 0 Å². The van der Waals surface area contributed by atoms with Crippen molar-refractivity contribution in [1.29, 1.82) is 5.26 Å². The normalized spacial score (nSPS) is 15.3. The zero-order valence-electron chi connectivity index (χ0n) is 10.4. The molecule has 94 valence electrons. The van der Waals surface area contributed by atoms with Crippen molar-refractivity contribution in [3.63, 3.8) is 0 Å². The van der Waals surface area contributed by atoms with Gasteiger partial charge >= 0.3 is 0 Å². The van der Waals surface area contributed by atoms with Gasteiger partial charge in [-0.2, -0.15) is 5.26 Å². The van der Waals surface area contributed by atoms with Gasteiger partial charge in [-0.3, -0.25) is 0 Å². The Balaban J connectivity index is 2.06. The average molecular weight is 251 g/mol. The van der Waals surface area contributed by atoms with E-state index in [4.69, 9.17) is 14.7 Å². The zero-order chi connectivity index (χ0) is 13.1. The zero-order valence-corrected chi connectivity index (χ0v) is 10.4. The summed E-state index contributed by atoms with van der Waals surface area (Å²) in [7, 11) is 0. The Morgan fingerprint density at radius 1 is 1.00 bits per heavy atom. The molecule has 0 atom stereocenters. The molecule has 2 aromatic carbocycles. The molecule has 0 spiro atoms. The van der Waals surface area contributed by atoms with Gasteiger partial charge < -0.3 is 9.47 Å². The fourth-order valence-corrected chi connectivity index (χ4v) is 2.26. The highest BCUT2D eigenvalue weighted by molar-refractivity contribution is 5.69. The van der Waals surface area contributed by atoms with Crippen LogP contribution in [-0.2, 0) is 9.47 Å². The molecule has 3 heteroatoms. The molecule has 1 heterocycles. The van der Waals surface area contributed by atoms with E-state index in [1.165, 1.54) is 0 Å². The highest BCUT2D eigenvalue weighted by atomic mass is 16.7. The van der Waals surface area contributed by atoms with Gasteiger partial charge in [0.1, 0.15) is 0 Å². The SMILES string of the molecule is N#Cc1cccc(-c2ccccc2C2OCCO2)c1. The maximum atomic E-state index is 8.99. The van der Waals surface area contributed by atoms with E-state index in [0.29, 0.717) is 18.8 Å². The molecule has 0 radical (unpaired) electrons. The van der Waals surface area contributed by atoms with Crippen LogP contribution in [0, 0.1) is 11.3 Å². The summed E-state index contributed by atoms with van der Waals surface area (Å²) in [5, 5.41) is 8.99. The molecular weight excluding hydrogens is 238 g/mol. The van der Waals surface area contributed by atoms with Crippen molar-refractivity contribution >= 4 is 0 Å². The summed E-state index contributed by atoms with van der Waals surface area (Å²) < 4.78 is 11.1. The van der Waals surface area contributed by atoms with Crippen LogP contribution in [-0.4, -0.2) is 13.2 Å². The van der Waals surface area contributed by atoms with Gasteiger partial charge in [0, 0.05) is 5.56 Å². The molecule has 0 N–H and O–H groups in total. The predicted molar refractivity (Wildman–Crippen MR) is 71.2 cm³/mol. The van der Waals surface area contributed by atoms with Crippen molar-refractivity contribution in [2.45, 2.75) is 6.29 Å². The van der Waals surface area contributed by atoms with Crippen LogP contribution in [0.5, 0.6) is 0 Å². The smallest absolute Gasteiger partial charge is 0.184 e. The van der Waals surface area contributed by atoms with E-state index < -0.39 is 0 Å². The lowest BCUT2D eigenvalue weighted by molar-refractivity contribution is -0.0436. The van der Waals surface area contributed by atoms with Crippen molar-refractivity contribution in [2.24, 2.45) is 0 Å². The molecule has 0 aliphatic carbocycles. The van der Waals surface area contributed by atoms with Gasteiger partial charge in [0.15, 0.2) is 6.29 Å². The lowest BCUT2D eigenvalue weighted by Gasteiger charge is -2.14. The topological polar surface area (TPSA) is 42.2 Å². The van der Waals surface area contributed by atoms with Crippen molar-refractivity contribution in [3.8, 4) is 17.2 Å². The minimum Gasteiger partial charge on any atom is -0.346 e. The fourth-order valence-electron chi connectivity index (χ4n) is 2.26. The molecule has 0 unspecified atom stereocenters. The van der Waals surface area contributed by atoms with Crippen molar-refractivity contribution in [1.82, 2.24) is 0 Å². The van der Waals surface area contributed by atoms with Crippen molar-refractivity contribution < 1.29 is 9.47 Å². The minimum atomic E-state index is -0.304. The van der Waals surface area contributed by atoms with Gasteiger partial charge in [0.25, 0.3) is 0 Å². The average Bonchev–Trinajstić information content (AvgIpc) is 3.01. The lowest BCUT2D eigenvalue weighted by Crippen LogP contribution is -2.00. The maximum absolute atomic E-state index is 8.99. The number of benzene rings is 2. The monoisotopic (exact) mass is 251 g/mol. The van der Waals surface area contributed by atoms with Gasteiger partial charge in [-0.15, -0.1) is 0 Å². The summed E-state index contributed by atoms with van der Waals surface area (Å²) in [6.45, 7) is 1.24. The van der Waals surface area contributed by atoms with E-state index in [2.05, 4.69) is 6.07 Å². The molecule has 3 rings (SSSR count). The molecule has 2 aromatic rings. The van der Waals surface area contributed by atoms with Gasteiger partial charge in [0.2, 0.25) is 0 Å². The Morgan fingerprint density at radius 3 is 2.58 bits per heavy atom. The maximum Gasteiger partial charge on any atom is 0.184 e. The van der Waals surface area contributed by atoms with E-state index in [1.54, 1.807) is 6.07 Å². The van der Waals surface area contributed by atoms with Gasteiger partial charge in [0.05, 0.1) is 24.8 Å². The molecule has 3 nitrogen and oxygen atoms in total. The van der Waals surface area contributed by atoms with E-state index in [0.717, 1.165) is 16.7 Å². The van der Waals surface area contributed by atoms with Crippen molar-refractivity contribution in [2.75, 3.05) is 13.2 Å². The summed E-state index contributed by atoms with van der Waals surface area (Å²) in [6, 6.07) is 17.7. The Hall–Kier alpha value is -2.15. The molecule has 1 aliphatic heterocycles. The van der Waals surface area contributed by atoms with Crippen LogP contribution >= 0.6 is 0 Å². The molecule has 19 heavy (non-hydrogen) atoms. The molecule has 1 fully saturated rings. The standard InChI is InChI=1S/C16H13NO2/c17-11-12-4-3-5-13(10-12)14-6-1-2-7-15(14)16-18-8-9-19-16/h1-7,10,16H,8-9H2. The number of nitriles is 1. The summed E-state index contributed by atoms with van der Waals surface area (Å²) in [5.74, 6) is 0.